The van der Waals surface area contributed by atoms with Gasteiger partial charge in [-0.3, -0.25) is 0 Å². The maximum Gasteiger partial charge on any atom is 0.0726 e. The summed E-state index contributed by atoms with van der Waals surface area (Å²) >= 11 is 1.95. The molecule has 0 bridgehead atoms. The van der Waals surface area contributed by atoms with Gasteiger partial charge in [-0.15, -0.1) is 11.3 Å². The lowest BCUT2D eigenvalue weighted by Gasteiger charge is -2.31. The van der Waals surface area contributed by atoms with Gasteiger partial charge in [0.15, 0.2) is 0 Å². The average Bonchev–Trinajstić information content (AvgIpc) is 4.51. The quantitative estimate of drug-likeness (QED) is 0.166. The number of nitrogens with zero attached hydrogens (tertiary/aromatic N) is 2. The van der Waals surface area contributed by atoms with Crippen LogP contribution >= 0.6 is 11.3 Å². The lowest BCUT2D eigenvalue weighted by Crippen LogP contribution is -2.26. The van der Waals surface area contributed by atoms with Gasteiger partial charge in [-0.25, -0.2) is 0 Å². The van der Waals surface area contributed by atoms with Crippen LogP contribution < -0.4 is 0 Å². The van der Waals surface area contributed by atoms with E-state index < -0.39 is 10.8 Å². The van der Waals surface area contributed by atoms with Crippen LogP contribution in [0.1, 0.15) is 44.5 Å². The molecule has 2 spiro atoms. The molecule has 356 valence electrons. The van der Waals surface area contributed by atoms with Crippen molar-refractivity contribution in [3.05, 3.63) is 306 Å². The fraction of sp³-hybridized carbons (Fsp3) is 0.0270. The maximum absolute atomic E-state index is 4.48. The predicted molar refractivity (Wildman–Crippen MR) is 323 cm³/mol. The highest BCUT2D eigenvalue weighted by Crippen LogP contribution is 2.65. The minimum Gasteiger partial charge on any atom is -0.309 e. The number of hydrogen-bond donors (Lipinski definition) is 0. The van der Waals surface area contributed by atoms with Gasteiger partial charge in [0.25, 0.3) is 0 Å². The third-order valence-corrected chi connectivity index (χ3v) is 19.6. The van der Waals surface area contributed by atoms with Crippen LogP contribution in [-0.2, 0) is 10.8 Å². The molecule has 0 fully saturated rings. The lowest BCUT2D eigenvalue weighted by atomic mass is 9.69. The minimum atomic E-state index is -0.522. The molecule has 3 heterocycles. The van der Waals surface area contributed by atoms with Crippen LogP contribution in [0.4, 0.5) is 0 Å². The van der Waals surface area contributed by atoms with Gasteiger partial charge in [0.1, 0.15) is 0 Å². The Morgan fingerprint density at radius 1 is 0.312 bits per heavy atom. The molecule has 0 aliphatic heterocycles. The monoisotopic (exact) mass is 992 g/mol. The molecule has 14 aromatic rings. The topological polar surface area (TPSA) is 9.86 Å². The summed E-state index contributed by atoms with van der Waals surface area (Å²) in [5, 5.41) is 7.70. The highest BCUT2D eigenvalue weighted by molar-refractivity contribution is 7.27. The standard InChI is InChI=1S/C74H44N2S/c1-3-45-46-19-5-12-26-58(46)73(57(45)4-2)59-27-13-8-22-49(59)51-35-33-43(41-63(51)73)75-65-31-17-10-24-55(65)69-67(75)39-37-53-54-38-40-68-70(72(54)77-71(53)69)56-25-11-18-32-66(56)76(68)44-34-36-52-50-23-9-16-30-62(50)74(64(52)42-44)60-28-14-6-20-47(60)48-21-7-15-29-61(48)74/h3-42H,1-2H2. The van der Waals surface area contributed by atoms with Crippen LogP contribution in [0.15, 0.2) is 261 Å². The van der Waals surface area contributed by atoms with Crippen molar-refractivity contribution in [2.45, 2.75) is 10.8 Å². The van der Waals surface area contributed by atoms with E-state index in [9.17, 15) is 0 Å². The normalized spacial score (nSPS) is 16.0. The molecule has 3 heteroatoms. The summed E-state index contributed by atoms with van der Waals surface area (Å²) in [6, 6.07) is 87.2. The molecule has 18 rings (SSSR count). The van der Waals surface area contributed by atoms with Gasteiger partial charge in [-0.1, -0.05) is 207 Å². The Labute approximate surface area is 448 Å². The number of benzene rings is 11. The molecule has 3 aromatic heterocycles. The molecule has 0 saturated carbocycles. The van der Waals surface area contributed by atoms with Crippen molar-refractivity contribution in [3.63, 3.8) is 0 Å². The van der Waals surface area contributed by atoms with E-state index in [1.54, 1.807) is 0 Å². The summed E-state index contributed by atoms with van der Waals surface area (Å²) in [6.45, 7) is 8.83. The first kappa shape index (κ1) is 41.8. The van der Waals surface area contributed by atoms with E-state index in [-0.39, 0.29) is 0 Å². The molecule has 77 heavy (non-hydrogen) atoms. The van der Waals surface area contributed by atoms with Crippen LogP contribution in [0.2, 0.25) is 0 Å². The summed E-state index contributed by atoms with van der Waals surface area (Å²) in [5.74, 6) is 0. The highest BCUT2D eigenvalue weighted by Gasteiger charge is 2.53. The Morgan fingerprint density at radius 3 is 1.14 bits per heavy atom. The van der Waals surface area contributed by atoms with Crippen LogP contribution in [0.25, 0.3) is 114 Å². The molecular weight excluding hydrogens is 949 g/mol. The maximum atomic E-state index is 4.48. The highest BCUT2D eigenvalue weighted by atomic mass is 32.1. The molecule has 0 radical (unpaired) electrons. The first-order chi connectivity index (χ1) is 38.1. The largest absolute Gasteiger partial charge is 0.309 e. The van der Waals surface area contributed by atoms with Crippen LogP contribution in [-0.4, -0.2) is 9.13 Å². The van der Waals surface area contributed by atoms with E-state index in [0.717, 1.165) is 11.3 Å². The Kier molecular flexibility index (Phi) is 7.94. The van der Waals surface area contributed by atoms with Gasteiger partial charge in [0.2, 0.25) is 0 Å². The number of aromatic nitrogens is 2. The second-order valence-electron chi connectivity index (χ2n) is 21.4. The molecule has 1 unspecified atom stereocenters. The van der Waals surface area contributed by atoms with E-state index in [1.807, 2.05) is 17.4 Å². The second-order valence-corrected chi connectivity index (χ2v) is 22.4. The van der Waals surface area contributed by atoms with Crippen molar-refractivity contribution in [2.75, 3.05) is 0 Å². The Bertz CT molecular complexity index is 5040. The third-order valence-electron chi connectivity index (χ3n) is 18.3. The summed E-state index contributed by atoms with van der Waals surface area (Å²) < 4.78 is 7.68. The van der Waals surface area contributed by atoms with Crippen LogP contribution in [0.3, 0.4) is 0 Å². The Morgan fingerprint density at radius 2 is 0.688 bits per heavy atom. The van der Waals surface area contributed by atoms with Gasteiger partial charge in [-0.05, 0) is 138 Å². The zero-order valence-corrected chi connectivity index (χ0v) is 42.6. The number of fused-ring (bicyclic) bond motifs is 28. The third kappa shape index (κ3) is 4.82. The van der Waals surface area contributed by atoms with Gasteiger partial charge in [0, 0.05) is 53.1 Å². The van der Waals surface area contributed by atoms with E-state index in [0.29, 0.717) is 0 Å². The van der Waals surface area contributed by atoms with Crippen LogP contribution in [0, 0.1) is 0 Å². The molecule has 4 aliphatic carbocycles. The number of allylic oxidation sites excluding steroid dienone is 4. The zero-order chi connectivity index (χ0) is 50.5. The number of thiophene rings is 1. The van der Waals surface area contributed by atoms with Crippen molar-refractivity contribution in [1.82, 2.24) is 9.13 Å². The van der Waals surface area contributed by atoms with Gasteiger partial charge < -0.3 is 9.13 Å². The van der Waals surface area contributed by atoms with E-state index in [1.165, 1.54) is 153 Å². The molecule has 1 atom stereocenters. The molecular formula is C74H44N2S. The van der Waals surface area contributed by atoms with Crippen molar-refractivity contribution in [1.29, 1.82) is 0 Å². The zero-order valence-electron chi connectivity index (χ0n) is 41.8. The molecule has 2 nitrogen and oxygen atoms in total. The van der Waals surface area contributed by atoms with Crippen molar-refractivity contribution >= 4 is 80.7 Å². The fourth-order valence-electron chi connectivity index (χ4n) is 15.6. The van der Waals surface area contributed by atoms with Gasteiger partial charge >= 0.3 is 0 Å². The Hall–Kier alpha value is -9.54. The van der Waals surface area contributed by atoms with Crippen molar-refractivity contribution in [2.24, 2.45) is 0 Å². The molecule has 0 N–H and O–H groups in total. The average molecular weight is 993 g/mol. The van der Waals surface area contributed by atoms with Crippen molar-refractivity contribution in [3.8, 4) is 44.8 Å². The summed E-state index contributed by atoms with van der Waals surface area (Å²) in [6.07, 6.45) is 4.11. The molecule has 11 aromatic carbocycles. The Balaban J connectivity index is 0.865. The number of rotatable bonds is 4. The second kappa shape index (κ2) is 14.6. The van der Waals surface area contributed by atoms with E-state index >= 15 is 0 Å². The van der Waals surface area contributed by atoms with Gasteiger partial charge in [0.05, 0.1) is 32.9 Å². The smallest absolute Gasteiger partial charge is 0.0726 e. The van der Waals surface area contributed by atoms with Crippen molar-refractivity contribution < 1.29 is 0 Å². The number of hydrogen-bond acceptors (Lipinski definition) is 1. The summed E-state index contributed by atoms with van der Waals surface area (Å²) in [4.78, 5) is 0. The first-order valence-corrected chi connectivity index (χ1v) is 27.5. The molecule has 4 aliphatic rings. The number of para-hydroxylation sites is 2. The SMILES string of the molecule is C=CC1=C(C=C)C2(c3ccccc31)c1ccccc1-c1ccc(-n3c4ccccc4c4c5sc6c(ccc7c6c6ccccc6n7-c6ccc7c(c6)C6(c8ccccc8-c8ccccc86)c6ccccc6-7)c5ccc43)cc12. The minimum absolute atomic E-state index is 0.425. The summed E-state index contributed by atoms with van der Waals surface area (Å²) in [5.41, 5.74) is 26.8. The van der Waals surface area contributed by atoms with E-state index in [4.69, 9.17) is 0 Å². The molecule has 0 amide bonds. The first-order valence-electron chi connectivity index (χ1n) is 26.7. The predicted octanol–water partition coefficient (Wildman–Crippen LogP) is 19.0. The van der Waals surface area contributed by atoms with Crippen LogP contribution in [0.5, 0.6) is 0 Å². The fourth-order valence-corrected chi connectivity index (χ4v) is 17.0. The van der Waals surface area contributed by atoms with E-state index in [2.05, 4.69) is 259 Å². The lowest BCUT2D eigenvalue weighted by molar-refractivity contribution is 0.785. The summed E-state index contributed by atoms with van der Waals surface area (Å²) in [7, 11) is 0. The molecule has 0 saturated heterocycles. The van der Waals surface area contributed by atoms with Gasteiger partial charge in [-0.2, -0.15) is 0 Å².